The maximum atomic E-state index is 10.6. The summed E-state index contributed by atoms with van der Waals surface area (Å²) in [5.41, 5.74) is 0.841. The standard InChI is InChI=1S/C10H8N2O5/c13-10(14)9-5-8(11-17-9)6-2-1-3-7(4-6)12(15)16/h1-4,9H,5H2,(H,13,14)/t9-/m1/s1. The summed E-state index contributed by atoms with van der Waals surface area (Å²) in [5, 5.41) is 22.9. The molecule has 1 N–H and O–H groups in total. The fraction of sp³-hybridized carbons (Fsp3) is 0.200. The van der Waals surface area contributed by atoms with E-state index in [1.165, 1.54) is 18.2 Å². The van der Waals surface area contributed by atoms with E-state index in [1.54, 1.807) is 6.07 Å². The van der Waals surface area contributed by atoms with E-state index in [2.05, 4.69) is 5.16 Å². The van der Waals surface area contributed by atoms with E-state index in [0.29, 0.717) is 11.3 Å². The number of nitro groups is 1. The molecule has 7 heteroatoms. The Balaban J connectivity index is 2.22. The summed E-state index contributed by atoms with van der Waals surface area (Å²) in [6.07, 6.45) is -0.902. The van der Waals surface area contributed by atoms with Gasteiger partial charge in [-0.3, -0.25) is 10.1 Å². The van der Waals surface area contributed by atoms with Gasteiger partial charge in [-0.15, -0.1) is 0 Å². The second kappa shape index (κ2) is 4.20. The van der Waals surface area contributed by atoms with E-state index in [-0.39, 0.29) is 12.1 Å². The van der Waals surface area contributed by atoms with Gasteiger partial charge in [0, 0.05) is 24.1 Å². The monoisotopic (exact) mass is 236 g/mol. The van der Waals surface area contributed by atoms with Gasteiger partial charge in [0.1, 0.15) is 0 Å². The summed E-state index contributed by atoms with van der Waals surface area (Å²) in [4.78, 5) is 25.4. The van der Waals surface area contributed by atoms with Crippen molar-refractivity contribution in [2.75, 3.05) is 0 Å². The molecule has 1 aliphatic rings. The number of hydrogen-bond donors (Lipinski definition) is 1. The summed E-state index contributed by atoms with van der Waals surface area (Å²) in [7, 11) is 0. The van der Waals surface area contributed by atoms with Crippen LogP contribution in [-0.2, 0) is 9.63 Å². The van der Waals surface area contributed by atoms with Crippen LogP contribution in [0.2, 0.25) is 0 Å². The van der Waals surface area contributed by atoms with Crippen LogP contribution in [0.15, 0.2) is 29.4 Å². The average molecular weight is 236 g/mol. The number of nitro benzene ring substituents is 1. The molecule has 0 radical (unpaired) electrons. The number of benzene rings is 1. The molecule has 7 nitrogen and oxygen atoms in total. The number of rotatable bonds is 3. The summed E-state index contributed by atoms with van der Waals surface area (Å²) < 4.78 is 0. The van der Waals surface area contributed by atoms with Crippen molar-refractivity contribution in [3.05, 3.63) is 39.9 Å². The van der Waals surface area contributed by atoms with Gasteiger partial charge in [0.05, 0.1) is 10.6 Å². The summed E-state index contributed by atoms with van der Waals surface area (Å²) >= 11 is 0. The quantitative estimate of drug-likeness (QED) is 0.626. The number of carboxylic acids is 1. The second-order valence-corrected chi connectivity index (χ2v) is 3.48. The molecule has 2 rings (SSSR count). The topological polar surface area (TPSA) is 102 Å². The molecule has 1 atom stereocenters. The molecule has 1 aromatic carbocycles. The molecule has 0 unspecified atom stereocenters. The first-order chi connectivity index (χ1) is 8.08. The SMILES string of the molecule is O=C(O)[C@H]1CC(c2cccc([N+](=O)[O-])c2)=NO1. The average Bonchev–Trinajstić information content (AvgIpc) is 2.78. The van der Waals surface area contributed by atoms with Crippen LogP contribution in [0.4, 0.5) is 5.69 Å². The molecule has 0 saturated carbocycles. The molecular formula is C10H8N2O5. The number of non-ortho nitro benzene ring substituents is 1. The fourth-order valence-electron chi connectivity index (χ4n) is 1.48. The Bertz CT molecular complexity index is 511. The lowest BCUT2D eigenvalue weighted by molar-refractivity contribution is -0.384. The van der Waals surface area contributed by atoms with Crippen LogP contribution in [0.3, 0.4) is 0 Å². The molecule has 1 heterocycles. The number of hydrogen-bond acceptors (Lipinski definition) is 5. The zero-order chi connectivity index (χ0) is 12.4. The highest BCUT2D eigenvalue weighted by molar-refractivity contribution is 6.03. The molecule has 0 fully saturated rings. The Morgan fingerprint density at radius 1 is 1.59 bits per heavy atom. The highest BCUT2D eigenvalue weighted by Gasteiger charge is 2.28. The van der Waals surface area contributed by atoms with E-state index in [1.807, 2.05) is 0 Å². The first-order valence-electron chi connectivity index (χ1n) is 4.78. The smallest absolute Gasteiger partial charge is 0.348 e. The van der Waals surface area contributed by atoms with E-state index in [0.717, 1.165) is 0 Å². The second-order valence-electron chi connectivity index (χ2n) is 3.48. The van der Waals surface area contributed by atoms with Gasteiger partial charge in [-0.25, -0.2) is 4.79 Å². The van der Waals surface area contributed by atoms with Gasteiger partial charge in [-0.05, 0) is 0 Å². The zero-order valence-corrected chi connectivity index (χ0v) is 8.57. The number of aliphatic carboxylic acids is 1. The first-order valence-corrected chi connectivity index (χ1v) is 4.78. The third-order valence-corrected chi connectivity index (χ3v) is 2.33. The number of oxime groups is 1. The molecule has 17 heavy (non-hydrogen) atoms. The van der Waals surface area contributed by atoms with Gasteiger partial charge in [0.25, 0.3) is 5.69 Å². The Morgan fingerprint density at radius 2 is 2.35 bits per heavy atom. The van der Waals surface area contributed by atoms with Crippen LogP contribution in [-0.4, -0.2) is 27.8 Å². The van der Waals surface area contributed by atoms with Crippen LogP contribution in [0, 0.1) is 10.1 Å². The van der Waals surface area contributed by atoms with Gasteiger partial charge in [-0.2, -0.15) is 0 Å². The van der Waals surface area contributed by atoms with Gasteiger partial charge in [0.15, 0.2) is 0 Å². The van der Waals surface area contributed by atoms with Crippen LogP contribution in [0.1, 0.15) is 12.0 Å². The minimum atomic E-state index is -1.10. The third kappa shape index (κ3) is 2.22. The highest BCUT2D eigenvalue weighted by atomic mass is 16.7. The molecule has 0 saturated heterocycles. The Hall–Kier alpha value is -2.44. The van der Waals surface area contributed by atoms with Crippen LogP contribution in [0.25, 0.3) is 0 Å². The molecule has 0 aliphatic carbocycles. The van der Waals surface area contributed by atoms with Gasteiger partial charge < -0.3 is 9.94 Å². The predicted octanol–water partition coefficient (Wildman–Crippen LogP) is 1.17. The first kappa shape index (κ1) is 11.1. The normalized spacial score (nSPS) is 18.4. The van der Waals surface area contributed by atoms with Crippen molar-refractivity contribution in [2.45, 2.75) is 12.5 Å². The molecule has 0 spiro atoms. The fourth-order valence-corrected chi connectivity index (χ4v) is 1.48. The Morgan fingerprint density at radius 3 is 2.94 bits per heavy atom. The largest absolute Gasteiger partial charge is 0.478 e. The molecular weight excluding hydrogens is 228 g/mol. The molecule has 0 bridgehead atoms. The minimum Gasteiger partial charge on any atom is -0.478 e. The van der Waals surface area contributed by atoms with Gasteiger partial charge >= 0.3 is 5.97 Å². The molecule has 0 amide bonds. The lowest BCUT2D eigenvalue weighted by Gasteiger charge is -2.00. The van der Waals surface area contributed by atoms with E-state index >= 15 is 0 Å². The van der Waals surface area contributed by atoms with E-state index < -0.39 is 17.0 Å². The minimum absolute atomic E-state index is 0.0658. The molecule has 1 aromatic rings. The molecule has 1 aliphatic heterocycles. The Labute approximate surface area is 95.5 Å². The lowest BCUT2D eigenvalue weighted by Crippen LogP contribution is -2.19. The lowest BCUT2D eigenvalue weighted by atomic mass is 10.0. The third-order valence-electron chi connectivity index (χ3n) is 2.33. The number of carboxylic acid groups (broad SMARTS) is 1. The maximum absolute atomic E-state index is 10.6. The zero-order valence-electron chi connectivity index (χ0n) is 8.57. The van der Waals surface area contributed by atoms with Crippen molar-refractivity contribution in [3.8, 4) is 0 Å². The van der Waals surface area contributed by atoms with Gasteiger partial charge in [-0.1, -0.05) is 17.3 Å². The van der Waals surface area contributed by atoms with Gasteiger partial charge in [0.2, 0.25) is 6.10 Å². The molecule has 88 valence electrons. The summed E-state index contributed by atoms with van der Waals surface area (Å²) in [5.74, 6) is -1.10. The van der Waals surface area contributed by atoms with E-state index in [4.69, 9.17) is 9.94 Å². The van der Waals surface area contributed by atoms with Crippen LogP contribution < -0.4 is 0 Å². The highest BCUT2D eigenvalue weighted by Crippen LogP contribution is 2.20. The number of nitrogens with zero attached hydrogens (tertiary/aromatic N) is 2. The van der Waals surface area contributed by atoms with Crippen LogP contribution in [0.5, 0.6) is 0 Å². The van der Waals surface area contributed by atoms with Crippen molar-refractivity contribution in [2.24, 2.45) is 5.16 Å². The van der Waals surface area contributed by atoms with Crippen molar-refractivity contribution >= 4 is 17.4 Å². The van der Waals surface area contributed by atoms with Crippen molar-refractivity contribution in [1.82, 2.24) is 0 Å². The Kier molecular flexibility index (Phi) is 2.73. The van der Waals surface area contributed by atoms with Crippen molar-refractivity contribution in [1.29, 1.82) is 0 Å². The van der Waals surface area contributed by atoms with Crippen molar-refractivity contribution in [3.63, 3.8) is 0 Å². The predicted molar refractivity (Wildman–Crippen MR) is 56.8 cm³/mol. The van der Waals surface area contributed by atoms with Crippen molar-refractivity contribution < 1.29 is 19.7 Å². The summed E-state index contributed by atoms with van der Waals surface area (Å²) in [6, 6.07) is 5.84. The number of carbonyl (C=O) groups is 1. The molecule has 0 aromatic heterocycles. The maximum Gasteiger partial charge on any atom is 0.348 e. The van der Waals surface area contributed by atoms with E-state index in [9.17, 15) is 14.9 Å². The summed E-state index contributed by atoms with van der Waals surface area (Å²) in [6.45, 7) is 0. The van der Waals surface area contributed by atoms with Crippen LogP contribution >= 0.6 is 0 Å².